The van der Waals surface area contributed by atoms with Crippen molar-refractivity contribution in [3.63, 3.8) is 0 Å². The first-order chi connectivity index (χ1) is 12.9. The van der Waals surface area contributed by atoms with E-state index < -0.39 is 0 Å². The summed E-state index contributed by atoms with van der Waals surface area (Å²) in [5.41, 5.74) is 3.31. The quantitative estimate of drug-likeness (QED) is 0.766. The summed E-state index contributed by atoms with van der Waals surface area (Å²) in [7, 11) is 0. The van der Waals surface area contributed by atoms with Gasteiger partial charge in [-0.1, -0.05) is 43.7 Å². The van der Waals surface area contributed by atoms with Crippen molar-refractivity contribution >= 4 is 16.8 Å². The lowest BCUT2D eigenvalue weighted by Gasteiger charge is -2.31. The van der Waals surface area contributed by atoms with Gasteiger partial charge in [0.1, 0.15) is 0 Å². The number of rotatable bonds is 6. The number of carbonyl (C=O) groups is 1. The Morgan fingerprint density at radius 2 is 1.93 bits per heavy atom. The molecule has 2 heterocycles. The minimum Gasteiger partial charge on any atom is -0.349 e. The second-order valence-corrected chi connectivity index (χ2v) is 8.44. The molecule has 4 heteroatoms. The molecule has 1 aromatic heterocycles. The van der Waals surface area contributed by atoms with Gasteiger partial charge in [0.25, 0.3) is 5.91 Å². The molecule has 2 aromatic rings. The average molecular weight is 368 g/mol. The van der Waals surface area contributed by atoms with Crippen molar-refractivity contribution in [1.29, 1.82) is 0 Å². The fourth-order valence-electron chi connectivity index (χ4n) is 3.81. The van der Waals surface area contributed by atoms with Gasteiger partial charge in [0, 0.05) is 49.3 Å². The summed E-state index contributed by atoms with van der Waals surface area (Å²) in [6, 6.07) is 8.50. The monoisotopic (exact) mass is 367 g/mol. The van der Waals surface area contributed by atoms with E-state index in [9.17, 15) is 4.79 Å². The van der Waals surface area contributed by atoms with Crippen LogP contribution in [0.25, 0.3) is 10.9 Å². The Balaban J connectivity index is 1.66. The summed E-state index contributed by atoms with van der Waals surface area (Å²) in [6.45, 7) is 12.7. The number of aromatic nitrogens is 1. The van der Waals surface area contributed by atoms with Crippen LogP contribution in [0.3, 0.4) is 0 Å². The van der Waals surface area contributed by atoms with E-state index in [2.05, 4.69) is 60.7 Å². The van der Waals surface area contributed by atoms with Gasteiger partial charge in [-0.25, -0.2) is 0 Å². The van der Waals surface area contributed by atoms with Gasteiger partial charge in [0.05, 0.1) is 5.56 Å². The maximum Gasteiger partial charge on any atom is 0.253 e. The highest BCUT2D eigenvalue weighted by Gasteiger charge is 2.22. The first kappa shape index (κ1) is 19.7. The molecule has 0 saturated carbocycles. The zero-order valence-electron chi connectivity index (χ0n) is 17.2. The molecule has 0 aliphatic carbocycles. The fourth-order valence-corrected chi connectivity index (χ4v) is 3.81. The highest BCUT2D eigenvalue weighted by atomic mass is 16.1. The zero-order valence-corrected chi connectivity index (χ0v) is 17.2. The van der Waals surface area contributed by atoms with Crippen molar-refractivity contribution in [2.45, 2.75) is 53.1 Å². The maximum atomic E-state index is 13.0. The minimum absolute atomic E-state index is 0.0662. The maximum absolute atomic E-state index is 13.0. The first-order valence-electron chi connectivity index (χ1n) is 10.2. The van der Waals surface area contributed by atoms with Crippen LogP contribution in [0.4, 0.5) is 0 Å². The van der Waals surface area contributed by atoms with Gasteiger partial charge in [0.15, 0.2) is 0 Å². The molecule has 1 fully saturated rings. The van der Waals surface area contributed by atoms with Gasteiger partial charge >= 0.3 is 0 Å². The molecule has 1 N–H and O–H groups in total. The number of benzene rings is 1. The van der Waals surface area contributed by atoms with Gasteiger partial charge < -0.3 is 9.88 Å². The molecule has 146 valence electrons. The van der Waals surface area contributed by atoms with Crippen LogP contribution in [-0.4, -0.2) is 41.1 Å². The van der Waals surface area contributed by atoms with E-state index in [1.54, 1.807) is 0 Å². The Labute approximate surface area is 163 Å². The molecular weight excluding hydrogens is 334 g/mol. The first-order valence-corrected chi connectivity index (χ1v) is 10.2. The normalized spacial score (nSPS) is 16.0. The highest BCUT2D eigenvalue weighted by molar-refractivity contribution is 6.07. The lowest BCUT2D eigenvalue weighted by atomic mass is 10.0. The third-order valence-electron chi connectivity index (χ3n) is 5.28. The van der Waals surface area contributed by atoms with Gasteiger partial charge in [-0.05, 0) is 38.7 Å². The Morgan fingerprint density at radius 3 is 2.59 bits per heavy atom. The number of fused-ring (bicyclic) bond motifs is 1. The van der Waals surface area contributed by atoms with E-state index in [0.717, 1.165) is 55.5 Å². The van der Waals surface area contributed by atoms with Crippen LogP contribution in [0.1, 0.15) is 50.9 Å². The molecule has 1 amide bonds. The Bertz CT molecular complexity index is 806. The summed E-state index contributed by atoms with van der Waals surface area (Å²) in [5.74, 6) is 0.610. The van der Waals surface area contributed by atoms with Gasteiger partial charge in [-0.15, -0.1) is 0 Å². The summed E-state index contributed by atoms with van der Waals surface area (Å²) in [5, 5.41) is 4.34. The van der Waals surface area contributed by atoms with E-state index in [4.69, 9.17) is 0 Å². The van der Waals surface area contributed by atoms with Gasteiger partial charge in [0.2, 0.25) is 0 Å². The van der Waals surface area contributed by atoms with E-state index in [-0.39, 0.29) is 11.9 Å². The molecular formula is C23H33N3O. The number of nitrogens with zero attached hydrogens (tertiary/aromatic N) is 2. The van der Waals surface area contributed by atoms with E-state index in [1.807, 2.05) is 18.3 Å². The highest BCUT2D eigenvalue weighted by Crippen LogP contribution is 2.23. The smallest absolute Gasteiger partial charge is 0.253 e. The van der Waals surface area contributed by atoms with Crippen LogP contribution in [0.15, 0.2) is 42.1 Å². The molecule has 0 bridgehead atoms. The lowest BCUT2D eigenvalue weighted by Crippen LogP contribution is -2.44. The molecule has 1 aliphatic heterocycles. The van der Waals surface area contributed by atoms with Crippen LogP contribution >= 0.6 is 0 Å². The zero-order chi connectivity index (χ0) is 19.4. The number of para-hydroxylation sites is 1. The number of allylic oxidation sites excluding steroid dienone is 1. The van der Waals surface area contributed by atoms with Crippen LogP contribution in [-0.2, 0) is 6.54 Å². The van der Waals surface area contributed by atoms with Gasteiger partial charge in [-0.3, -0.25) is 9.69 Å². The average Bonchev–Trinajstić information content (AvgIpc) is 2.99. The van der Waals surface area contributed by atoms with Crippen molar-refractivity contribution in [1.82, 2.24) is 14.8 Å². The number of amides is 1. The third-order valence-corrected chi connectivity index (χ3v) is 5.28. The molecule has 1 aliphatic rings. The topological polar surface area (TPSA) is 37.3 Å². The van der Waals surface area contributed by atoms with Crippen molar-refractivity contribution in [2.75, 3.05) is 19.6 Å². The van der Waals surface area contributed by atoms with Crippen molar-refractivity contribution in [3.8, 4) is 0 Å². The van der Waals surface area contributed by atoms with E-state index in [0.29, 0.717) is 5.92 Å². The molecule has 1 aromatic carbocycles. The van der Waals surface area contributed by atoms with Crippen molar-refractivity contribution < 1.29 is 4.79 Å². The number of likely N-dealkylation sites (tertiary alicyclic amines) is 1. The van der Waals surface area contributed by atoms with Crippen molar-refractivity contribution in [3.05, 3.63) is 47.7 Å². The number of hydrogen-bond donors (Lipinski definition) is 1. The molecule has 0 radical (unpaired) electrons. The summed E-state index contributed by atoms with van der Waals surface area (Å²) < 4.78 is 2.22. The van der Waals surface area contributed by atoms with Gasteiger partial charge in [-0.2, -0.15) is 0 Å². The number of piperidine rings is 1. The number of hydrogen-bond acceptors (Lipinski definition) is 2. The van der Waals surface area contributed by atoms with Crippen LogP contribution < -0.4 is 5.32 Å². The van der Waals surface area contributed by atoms with Crippen LogP contribution in [0.5, 0.6) is 0 Å². The summed E-state index contributed by atoms with van der Waals surface area (Å²) in [6.07, 6.45) is 6.35. The Kier molecular flexibility index (Phi) is 6.38. The summed E-state index contributed by atoms with van der Waals surface area (Å²) >= 11 is 0. The minimum atomic E-state index is 0.0662. The fraction of sp³-hybridized carbons (Fsp3) is 0.522. The van der Waals surface area contributed by atoms with Crippen molar-refractivity contribution in [2.24, 2.45) is 5.92 Å². The Hall–Kier alpha value is -2.07. The van der Waals surface area contributed by atoms with E-state index in [1.165, 1.54) is 5.57 Å². The molecule has 3 rings (SSSR count). The standard InChI is InChI=1S/C23H33N3O/c1-17(2)9-12-25-13-10-19(11-14-25)24-23(27)21-16-26(15-18(3)4)22-8-6-5-7-20(21)22/h5-9,16,18-19H,10-15H2,1-4H3,(H,24,27). The second-order valence-electron chi connectivity index (χ2n) is 8.44. The Morgan fingerprint density at radius 1 is 1.22 bits per heavy atom. The second kappa shape index (κ2) is 8.75. The SMILES string of the molecule is CC(C)=CCN1CCC(NC(=O)c2cn(CC(C)C)c3ccccc23)CC1. The van der Waals surface area contributed by atoms with Crippen LogP contribution in [0, 0.1) is 5.92 Å². The summed E-state index contributed by atoms with van der Waals surface area (Å²) in [4.78, 5) is 15.4. The molecule has 1 saturated heterocycles. The molecule has 0 spiro atoms. The molecule has 27 heavy (non-hydrogen) atoms. The number of nitrogens with one attached hydrogen (secondary N) is 1. The largest absolute Gasteiger partial charge is 0.349 e. The third kappa shape index (κ3) is 5.01. The molecule has 4 nitrogen and oxygen atoms in total. The van der Waals surface area contributed by atoms with Crippen LogP contribution in [0.2, 0.25) is 0 Å². The molecule has 0 atom stereocenters. The molecule has 0 unspecified atom stereocenters. The predicted molar refractivity (Wildman–Crippen MR) is 113 cm³/mol. The predicted octanol–water partition coefficient (Wildman–Crippen LogP) is 4.46. The van der Waals surface area contributed by atoms with E-state index >= 15 is 0 Å². The lowest BCUT2D eigenvalue weighted by molar-refractivity contribution is 0.0915. The number of carbonyl (C=O) groups excluding carboxylic acids is 1.